The average molecular weight is 663 g/mol. The standard InChI is InChI=1S/C39H50O9/c1-3-45-36(40)29(2)34-15-8-9-16-35(34)30-21-23-39(24-22-30,38(42)43)48-37(41)31-17-19-32(20-18-31)46-27-12-7-5-4-6-11-25-44-26-13-10-14-33-28-47-33/h8-9,15-23,29,33H,3-7,10-14,24-28H2,1-2H3,(H,42,43). The van der Waals surface area contributed by atoms with E-state index in [1.807, 2.05) is 24.3 Å². The number of allylic oxidation sites excluding steroid dienone is 2. The molecule has 1 saturated heterocycles. The number of carboxylic acid groups (broad SMARTS) is 1. The highest BCUT2D eigenvalue weighted by Crippen LogP contribution is 2.34. The molecule has 260 valence electrons. The second-order valence-corrected chi connectivity index (χ2v) is 12.4. The average Bonchev–Trinajstić information content (AvgIpc) is 3.93. The molecule has 0 aromatic heterocycles. The Balaban J connectivity index is 1.16. The lowest BCUT2D eigenvalue weighted by Gasteiger charge is -2.28. The topological polar surface area (TPSA) is 121 Å². The van der Waals surface area contributed by atoms with Crippen LogP contribution >= 0.6 is 0 Å². The zero-order valence-corrected chi connectivity index (χ0v) is 28.3. The Bertz CT molecular complexity index is 1390. The molecule has 0 amide bonds. The highest BCUT2D eigenvalue weighted by Gasteiger charge is 2.41. The van der Waals surface area contributed by atoms with E-state index in [1.165, 1.54) is 31.8 Å². The molecule has 0 saturated carbocycles. The monoisotopic (exact) mass is 662 g/mol. The van der Waals surface area contributed by atoms with Crippen molar-refractivity contribution in [2.24, 2.45) is 0 Å². The van der Waals surface area contributed by atoms with Gasteiger partial charge in [-0.05, 0) is 93.0 Å². The summed E-state index contributed by atoms with van der Waals surface area (Å²) in [5, 5.41) is 10.1. The van der Waals surface area contributed by atoms with Crippen LogP contribution < -0.4 is 4.74 Å². The molecule has 3 atom stereocenters. The number of ether oxygens (including phenoxy) is 5. The normalized spacial score (nSPS) is 18.9. The van der Waals surface area contributed by atoms with Crippen molar-refractivity contribution >= 4 is 23.5 Å². The molecule has 0 bridgehead atoms. The van der Waals surface area contributed by atoms with Crippen LogP contribution in [-0.4, -0.2) is 67.8 Å². The number of aliphatic carboxylic acids is 1. The molecule has 2 aromatic rings. The number of rotatable bonds is 22. The molecule has 0 radical (unpaired) electrons. The fourth-order valence-corrected chi connectivity index (χ4v) is 5.66. The van der Waals surface area contributed by atoms with Crippen molar-refractivity contribution in [3.63, 3.8) is 0 Å². The van der Waals surface area contributed by atoms with Gasteiger partial charge in [0, 0.05) is 19.6 Å². The molecule has 9 heteroatoms. The summed E-state index contributed by atoms with van der Waals surface area (Å²) in [5.74, 6) is -2.20. The van der Waals surface area contributed by atoms with Crippen LogP contribution in [0.1, 0.15) is 105 Å². The van der Waals surface area contributed by atoms with Gasteiger partial charge in [-0.3, -0.25) is 4.79 Å². The Kier molecular flexibility index (Phi) is 14.7. The second-order valence-electron chi connectivity index (χ2n) is 12.4. The minimum Gasteiger partial charge on any atom is -0.494 e. The molecule has 1 fully saturated rings. The molecule has 2 aromatic carbocycles. The van der Waals surface area contributed by atoms with Crippen LogP contribution in [0.3, 0.4) is 0 Å². The molecule has 1 heterocycles. The van der Waals surface area contributed by atoms with Gasteiger partial charge in [-0.25, -0.2) is 9.59 Å². The number of esters is 2. The van der Waals surface area contributed by atoms with Crippen molar-refractivity contribution in [3.05, 3.63) is 83.4 Å². The van der Waals surface area contributed by atoms with E-state index in [9.17, 15) is 19.5 Å². The smallest absolute Gasteiger partial charge is 0.352 e. The fourth-order valence-electron chi connectivity index (χ4n) is 5.66. The molecule has 2 aliphatic rings. The van der Waals surface area contributed by atoms with E-state index in [2.05, 4.69) is 0 Å². The fraction of sp³-hybridized carbons (Fsp3) is 0.513. The summed E-state index contributed by atoms with van der Waals surface area (Å²) >= 11 is 0. The quantitative estimate of drug-likeness (QED) is 0.0769. The number of carbonyl (C=O) groups is 3. The van der Waals surface area contributed by atoms with Crippen LogP contribution in [0.25, 0.3) is 5.57 Å². The van der Waals surface area contributed by atoms with Crippen molar-refractivity contribution in [1.29, 1.82) is 0 Å². The van der Waals surface area contributed by atoms with E-state index in [0.717, 1.165) is 68.6 Å². The molecule has 1 aliphatic heterocycles. The first-order valence-electron chi connectivity index (χ1n) is 17.4. The predicted octanol–water partition coefficient (Wildman–Crippen LogP) is 7.68. The van der Waals surface area contributed by atoms with Gasteiger partial charge >= 0.3 is 17.9 Å². The summed E-state index contributed by atoms with van der Waals surface area (Å²) in [6.07, 6.45) is 15.3. The number of unbranched alkanes of at least 4 members (excludes halogenated alkanes) is 6. The van der Waals surface area contributed by atoms with Gasteiger partial charge in [0.15, 0.2) is 0 Å². The zero-order chi connectivity index (χ0) is 34.2. The summed E-state index contributed by atoms with van der Waals surface area (Å²) in [6, 6.07) is 14.0. The summed E-state index contributed by atoms with van der Waals surface area (Å²) in [6.45, 7) is 7.03. The molecular formula is C39H50O9. The van der Waals surface area contributed by atoms with Gasteiger partial charge in [0.1, 0.15) is 5.75 Å². The number of epoxide rings is 1. The third-order valence-electron chi connectivity index (χ3n) is 8.68. The van der Waals surface area contributed by atoms with Crippen molar-refractivity contribution in [1.82, 2.24) is 0 Å². The van der Waals surface area contributed by atoms with E-state index in [4.69, 9.17) is 23.7 Å². The molecular weight excluding hydrogens is 612 g/mol. The predicted molar refractivity (Wildman–Crippen MR) is 183 cm³/mol. The summed E-state index contributed by atoms with van der Waals surface area (Å²) in [5.41, 5.74) is 0.680. The number of carboxylic acids is 1. The molecule has 0 spiro atoms. The Hall–Kier alpha value is -3.95. The zero-order valence-electron chi connectivity index (χ0n) is 28.3. The van der Waals surface area contributed by atoms with Crippen LogP contribution in [0.2, 0.25) is 0 Å². The van der Waals surface area contributed by atoms with Crippen LogP contribution in [0, 0.1) is 0 Å². The molecule has 4 rings (SSSR count). The third kappa shape index (κ3) is 11.3. The van der Waals surface area contributed by atoms with E-state index < -0.39 is 23.5 Å². The summed E-state index contributed by atoms with van der Waals surface area (Å²) in [4.78, 5) is 37.8. The highest BCUT2D eigenvalue weighted by molar-refractivity contribution is 5.94. The number of benzene rings is 2. The first kappa shape index (κ1) is 36.9. The highest BCUT2D eigenvalue weighted by atomic mass is 16.6. The lowest BCUT2D eigenvalue weighted by atomic mass is 9.85. The van der Waals surface area contributed by atoms with Gasteiger partial charge in [-0.1, -0.05) is 62.1 Å². The first-order valence-corrected chi connectivity index (χ1v) is 17.4. The lowest BCUT2D eigenvalue weighted by molar-refractivity contribution is -0.154. The third-order valence-corrected chi connectivity index (χ3v) is 8.68. The SMILES string of the molecule is CCOC(=O)C(C)c1ccccc1C1=CCC(OC(=O)c2ccc(OCCCCCCCCOCCCCC3CO3)cc2)(C(=O)O)C=C1. The van der Waals surface area contributed by atoms with E-state index >= 15 is 0 Å². The number of hydrogen-bond donors (Lipinski definition) is 1. The van der Waals surface area contributed by atoms with Crippen LogP contribution in [-0.2, 0) is 28.5 Å². The largest absolute Gasteiger partial charge is 0.494 e. The Morgan fingerprint density at radius 1 is 0.917 bits per heavy atom. The lowest BCUT2D eigenvalue weighted by Crippen LogP contribution is -2.42. The van der Waals surface area contributed by atoms with Gasteiger partial charge < -0.3 is 28.8 Å². The maximum atomic E-state index is 13.0. The van der Waals surface area contributed by atoms with Crippen LogP contribution in [0.4, 0.5) is 0 Å². The van der Waals surface area contributed by atoms with Gasteiger partial charge in [-0.2, -0.15) is 0 Å². The van der Waals surface area contributed by atoms with Crippen molar-refractivity contribution < 1.29 is 43.2 Å². The number of carbonyl (C=O) groups excluding carboxylic acids is 2. The minimum absolute atomic E-state index is 0.0617. The van der Waals surface area contributed by atoms with Crippen LogP contribution in [0.5, 0.6) is 5.75 Å². The Morgan fingerprint density at radius 2 is 1.58 bits per heavy atom. The van der Waals surface area contributed by atoms with E-state index in [-0.39, 0.29) is 24.6 Å². The maximum Gasteiger partial charge on any atom is 0.352 e. The van der Waals surface area contributed by atoms with Crippen molar-refractivity contribution in [3.8, 4) is 5.75 Å². The van der Waals surface area contributed by atoms with Gasteiger partial charge in [0.2, 0.25) is 5.60 Å². The molecule has 9 nitrogen and oxygen atoms in total. The molecule has 1 N–H and O–H groups in total. The Labute approximate surface area is 284 Å². The maximum absolute atomic E-state index is 13.0. The van der Waals surface area contributed by atoms with Gasteiger partial charge in [0.25, 0.3) is 0 Å². The van der Waals surface area contributed by atoms with E-state index in [0.29, 0.717) is 18.5 Å². The van der Waals surface area contributed by atoms with Gasteiger partial charge in [0.05, 0.1) is 37.4 Å². The molecule has 3 unspecified atom stereocenters. The van der Waals surface area contributed by atoms with Crippen molar-refractivity contribution in [2.45, 2.75) is 95.7 Å². The summed E-state index contributed by atoms with van der Waals surface area (Å²) < 4.78 is 27.6. The number of hydrogen-bond acceptors (Lipinski definition) is 8. The Morgan fingerprint density at radius 3 is 2.23 bits per heavy atom. The minimum atomic E-state index is -1.85. The first-order chi connectivity index (χ1) is 23.3. The van der Waals surface area contributed by atoms with Crippen LogP contribution in [0.15, 0.2) is 66.8 Å². The second kappa shape index (κ2) is 19.1. The van der Waals surface area contributed by atoms with Crippen molar-refractivity contribution in [2.75, 3.05) is 33.0 Å². The van der Waals surface area contributed by atoms with E-state index in [1.54, 1.807) is 50.3 Å². The van der Waals surface area contributed by atoms with Gasteiger partial charge in [-0.15, -0.1) is 0 Å². The molecule has 48 heavy (non-hydrogen) atoms. The molecule has 1 aliphatic carbocycles. The summed E-state index contributed by atoms with van der Waals surface area (Å²) in [7, 11) is 0.